The Hall–Kier alpha value is -1.67. The SMILES string of the molecule is CNCc1ccc(Cc2ccccc2F)cc1. The fourth-order valence-corrected chi connectivity index (χ4v) is 1.84. The van der Waals surface area contributed by atoms with E-state index in [-0.39, 0.29) is 5.82 Å². The predicted molar refractivity (Wildman–Crippen MR) is 68.4 cm³/mol. The molecule has 0 bridgehead atoms. The summed E-state index contributed by atoms with van der Waals surface area (Å²) in [6, 6.07) is 15.2. The highest BCUT2D eigenvalue weighted by molar-refractivity contribution is 5.29. The molecule has 2 heteroatoms. The van der Waals surface area contributed by atoms with Crippen LogP contribution in [0.25, 0.3) is 0 Å². The van der Waals surface area contributed by atoms with Crippen LogP contribution in [0.15, 0.2) is 48.5 Å². The van der Waals surface area contributed by atoms with Crippen molar-refractivity contribution in [3.8, 4) is 0 Å². The average molecular weight is 229 g/mol. The lowest BCUT2D eigenvalue weighted by molar-refractivity contribution is 0.614. The summed E-state index contributed by atoms with van der Waals surface area (Å²) in [5.41, 5.74) is 3.12. The Morgan fingerprint density at radius 2 is 1.59 bits per heavy atom. The van der Waals surface area contributed by atoms with Gasteiger partial charge in [0.05, 0.1) is 0 Å². The maximum absolute atomic E-state index is 13.5. The molecular formula is C15H16FN. The highest BCUT2D eigenvalue weighted by Gasteiger charge is 2.02. The minimum atomic E-state index is -0.133. The molecule has 0 fully saturated rings. The number of nitrogens with one attached hydrogen (secondary N) is 1. The van der Waals surface area contributed by atoms with Gasteiger partial charge in [-0.3, -0.25) is 0 Å². The molecule has 0 atom stereocenters. The van der Waals surface area contributed by atoms with Crippen molar-refractivity contribution in [1.29, 1.82) is 0 Å². The second kappa shape index (κ2) is 5.60. The van der Waals surface area contributed by atoms with Gasteiger partial charge in [0.1, 0.15) is 5.82 Å². The van der Waals surface area contributed by atoms with Gasteiger partial charge in [0, 0.05) is 13.0 Å². The summed E-state index contributed by atoms with van der Waals surface area (Å²) >= 11 is 0. The second-order valence-electron chi connectivity index (χ2n) is 4.12. The Kier molecular flexibility index (Phi) is 3.89. The van der Waals surface area contributed by atoms with Crippen LogP contribution in [0.3, 0.4) is 0 Å². The van der Waals surface area contributed by atoms with Gasteiger partial charge >= 0.3 is 0 Å². The first-order chi connectivity index (χ1) is 8.29. The van der Waals surface area contributed by atoms with E-state index >= 15 is 0 Å². The van der Waals surface area contributed by atoms with Gasteiger partial charge in [-0.25, -0.2) is 4.39 Å². The van der Waals surface area contributed by atoms with E-state index in [1.807, 2.05) is 19.2 Å². The van der Waals surface area contributed by atoms with Crippen LogP contribution in [0, 0.1) is 5.82 Å². The van der Waals surface area contributed by atoms with E-state index < -0.39 is 0 Å². The van der Waals surface area contributed by atoms with Gasteiger partial charge < -0.3 is 5.32 Å². The van der Waals surface area contributed by atoms with Crippen LogP contribution in [0.1, 0.15) is 16.7 Å². The molecule has 17 heavy (non-hydrogen) atoms. The number of rotatable bonds is 4. The molecule has 0 spiro atoms. The molecule has 0 amide bonds. The first-order valence-electron chi connectivity index (χ1n) is 5.75. The third kappa shape index (κ3) is 3.14. The number of halogens is 1. The molecule has 0 aliphatic rings. The summed E-state index contributed by atoms with van der Waals surface area (Å²) in [5.74, 6) is -0.133. The van der Waals surface area contributed by atoms with Gasteiger partial charge in [-0.2, -0.15) is 0 Å². The van der Waals surface area contributed by atoms with E-state index in [9.17, 15) is 4.39 Å². The molecule has 0 unspecified atom stereocenters. The average Bonchev–Trinajstić information content (AvgIpc) is 2.35. The topological polar surface area (TPSA) is 12.0 Å². The zero-order valence-corrected chi connectivity index (χ0v) is 9.91. The third-order valence-electron chi connectivity index (χ3n) is 2.76. The molecule has 2 aromatic rings. The van der Waals surface area contributed by atoms with Crippen molar-refractivity contribution >= 4 is 0 Å². The Morgan fingerprint density at radius 1 is 0.941 bits per heavy atom. The Bertz CT molecular complexity index is 477. The Balaban J connectivity index is 2.11. The highest BCUT2D eigenvalue weighted by atomic mass is 19.1. The standard InChI is InChI=1S/C15H16FN/c1-17-11-13-8-6-12(7-9-13)10-14-4-2-3-5-15(14)16/h2-9,17H,10-11H2,1H3. The van der Waals surface area contributed by atoms with Gasteiger partial charge in [0.25, 0.3) is 0 Å². The van der Waals surface area contributed by atoms with E-state index in [1.54, 1.807) is 6.07 Å². The molecule has 0 saturated carbocycles. The molecule has 2 rings (SSSR count). The smallest absolute Gasteiger partial charge is 0.126 e. The molecule has 0 aliphatic heterocycles. The van der Waals surface area contributed by atoms with E-state index in [2.05, 4.69) is 29.6 Å². The lowest BCUT2D eigenvalue weighted by Gasteiger charge is -2.05. The lowest BCUT2D eigenvalue weighted by atomic mass is 10.0. The minimum absolute atomic E-state index is 0.133. The number of benzene rings is 2. The molecule has 0 aromatic heterocycles. The summed E-state index contributed by atoms with van der Waals surface area (Å²) in [5, 5.41) is 3.10. The Morgan fingerprint density at radius 3 is 2.24 bits per heavy atom. The molecule has 0 heterocycles. The first-order valence-corrected chi connectivity index (χ1v) is 5.75. The van der Waals surface area contributed by atoms with Crippen LogP contribution in [-0.4, -0.2) is 7.05 Å². The quantitative estimate of drug-likeness (QED) is 0.849. The van der Waals surface area contributed by atoms with Gasteiger partial charge in [-0.1, -0.05) is 42.5 Å². The van der Waals surface area contributed by atoms with E-state index in [4.69, 9.17) is 0 Å². The zero-order chi connectivity index (χ0) is 12.1. The maximum Gasteiger partial charge on any atom is 0.126 e. The summed E-state index contributed by atoms with van der Waals surface area (Å²) < 4.78 is 13.5. The molecule has 88 valence electrons. The fraction of sp³-hybridized carbons (Fsp3) is 0.200. The van der Waals surface area contributed by atoms with Crippen LogP contribution >= 0.6 is 0 Å². The molecular weight excluding hydrogens is 213 g/mol. The molecule has 0 aliphatic carbocycles. The highest BCUT2D eigenvalue weighted by Crippen LogP contribution is 2.13. The molecule has 1 nitrogen and oxygen atoms in total. The maximum atomic E-state index is 13.5. The molecule has 1 N–H and O–H groups in total. The van der Waals surface area contributed by atoms with Crippen molar-refractivity contribution < 1.29 is 4.39 Å². The van der Waals surface area contributed by atoms with Gasteiger partial charge in [-0.15, -0.1) is 0 Å². The van der Waals surface area contributed by atoms with Crippen molar-refractivity contribution in [3.63, 3.8) is 0 Å². The number of hydrogen-bond acceptors (Lipinski definition) is 1. The van der Waals surface area contributed by atoms with E-state index in [0.29, 0.717) is 6.42 Å². The van der Waals surface area contributed by atoms with Crippen LogP contribution in [0.4, 0.5) is 4.39 Å². The van der Waals surface area contributed by atoms with Crippen molar-refractivity contribution in [2.24, 2.45) is 0 Å². The monoisotopic (exact) mass is 229 g/mol. The molecule has 0 saturated heterocycles. The zero-order valence-electron chi connectivity index (χ0n) is 9.91. The number of hydrogen-bond donors (Lipinski definition) is 1. The summed E-state index contributed by atoms with van der Waals surface area (Å²) in [4.78, 5) is 0. The predicted octanol–water partition coefficient (Wildman–Crippen LogP) is 3.14. The third-order valence-corrected chi connectivity index (χ3v) is 2.76. The van der Waals surface area contributed by atoms with E-state index in [0.717, 1.165) is 17.7 Å². The molecule has 2 aromatic carbocycles. The summed E-state index contributed by atoms with van der Waals surface area (Å²) in [6.45, 7) is 0.861. The summed E-state index contributed by atoms with van der Waals surface area (Å²) in [6.07, 6.45) is 0.645. The van der Waals surface area contributed by atoms with Gasteiger partial charge in [0.2, 0.25) is 0 Å². The fourth-order valence-electron chi connectivity index (χ4n) is 1.84. The van der Waals surface area contributed by atoms with Crippen molar-refractivity contribution in [3.05, 3.63) is 71.0 Å². The van der Waals surface area contributed by atoms with Gasteiger partial charge in [0.15, 0.2) is 0 Å². The minimum Gasteiger partial charge on any atom is -0.316 e. The van der Waals surface area contributed by atoms with Crippen molar-refractivity contribution in [2.75, 3.05) is 7.05 Å². The molecule has 0 radical (unpaired) electrons. The Labute approximate surface area is 101 Å². The van der Waals surface area contributed by atoms with Crippen molar-refractivity contribution in [1.82, 2.24) is 5.32 Å². The van der Waals surface area contributed by atoms with E-state index in [1.165, 1.54) is 11.6 Å². The van der Waals surface area contributed by atoms with Crippen molar-refractivity contribution in [2.45, 2.75) is 13.0 Å². The van der Waals surface area contributed by atoms with Crippen LogP contribution < -0.4 is 5.32 Å². The normalized spacial score (nSPS) is 10.5. The largest absolute Gasteiger partial charge is 0.316 e. The summed E-state index contributed by atoms with van der Waals surface area (Å²) in [7, 11) is 1.92. The van der Waals surface area contributed by atoms with Crippen LogP contribution in [0.2, 0.25) is 0 Å². The van der Waals surface area contributed by atoms with Crippen LogP contribution in [0.5, 0.6) is 0 Å². The lowest BCUT2D eigenvalue weighted by Crippen LogP contribution is -2.04. The van der Waals surface area contributed by atoms with Crippen LogP contribution in [-0.2, 0) is 13.0 Å². The first kappa shape index (κ1) is 11.8. The van der Waals surface area contributed by atoms with Gasteiger partial charge in [-0.05, 0) is 29.8 Å². The second-order valence-corrected chi connectivity index (χ2v) is 4.12.